The SMILES string of the molecule is CC(C)[C@@H](C(=O)N1CC(O)CC1C(N)=O)n1cc(C2CC2)nn1. The summed E-state index contributed by atoms with van der Waals surface area (Å²) in [7, 11) is 0. The lowest BCUT2D eigenvalue weighted by Crippen LogP contribution is -2.47. The molecule has 2 amide bonds. The van der Waals surface area contributed by atoms with E-state index in [9.17, 15) is 14.7 Å². The maximum atomic E-state index is 13.0. The normalized spacial score (nSPS) is 25.8. The number of nitrogens with zero attached hydrogens (tertiary/aromatic N) is 4. The lowest BCUT2D eigenvalue weighted by Gasteiger charge is -2.28. The summed E-state index contributed by atoms with van der Waals surface area (Å²) >= 11 is 0. The number of hydrogen-bond donors (Lipinski definition) is 2. The summed E-state index contributed by atoms with van der Waals surface area (Å²) in [5.74, 6) is -0.400. The highest BCUT2D eigenvalue weighted by molar-refractivity contribution is 5.89. The molecule has 1 aliphatic heterocycles. The number of likely N-dealkylation sites (tertiary alicyclic amines) is 1. The Morgan fingerprint density at radius 1 is 1.39 bits per heavy atom. The fraction of sp³-hybridized carbons (Fsp3) is 0.733. The Balaban J connectivity index is 1.84. The van der Waals surface area contributed by atoms with Gasteiger partial charge in [-0.2, -0.15) is 0 Å². The molecule has 1 aliphatic carbocycles. The highest BCUT2D eigenvalue weighted by Gasteiger charge is 2.42. The predicted octanol–water partition coefficient (Wildman–Crippen LogP) is -0.200. The van der Waals surface area contributed by atoms with Crippen LogP contribution in [-0.2, 0) is 9.59 Å². The van der Waals surface area contributed by atoms with Crippen LogP contribution >= 0.6 is 0 Å². The number of carbonyl (C=O) groups is 2. The van der Waals surface area contributed by atoms with Gasteiger partial charge in [-0.05, 0) is 18.8 Å². The highest BCUT2D eigenvalue weighted by Crippen LogP contribution is 2.39. The number of β-amino-alcohol motifs (C(OH)–C–C–N with tert-alkyl or cyclic N) is 1. The van der Waals surface area contributed by atoms with Crippen LogP contribution in [0.3, 0.4) is 0 Å². The fourth-order valence-electron chi connectivity index (χ4n) is 3.19. The fourth-order valence-corrected chi connectivity index (χ4v) is 3.19. The van der Waals surface area contributed by atoms with Crippen molar-refractivity contribution in [2.75, 3.05) is 6.54 Å². The van der Waals surface area contributed by atoms with Crippen LogP contribution in [0.15, 0.2) is 6.20 Å². The third-order valence-electron chi connectivity index (χ3n) is 4.58. The summed E-state index contributed by atoms with van der Waals surface area (Å²) in [4.78, 5) is 25.9. The van der Waals surface area contributed by atoms with E-state index in [2.05, 4.69) is 10.3 Å². The van der Waals surface area contributed by atoms with E-state index >= 15 is 0 Å². The Kier molecular flexibility index (Phi) is 4.09. The molecule has 2 aliphatic rings. The van der Waals surface area contributed by atoms with Crippen molar-refractivity contribution in [3.8, 4) is 0 Å². The molecule has 126 valence electrons. The maximum Gasteiger partial charge on any atom is 0.248 e. The summed E-state index contributed by atoms with van der Waals surface area (Å²) in [6, 6.07) is -1.31. The number of amides is 2. The van der Waals surface area contributed by atoms with Gasteiger partial charge >= 0.3 is 0 Å². The van der Waals surface area contributed by atoms with E-state index in [1.54, 1.807) is 4.68 Å². The molecule has 0 spiro atoms. The Bertz CT molecular complexity index is 610. The Morgan fingerprint density at radius 3 is 2.65 bits per heavy atom. The molecule has 3 N–H and O–H groups in total. The molecule has 23 heavy (non-hydrogen) atoms. The van der Waals surface area contributed by atoms with Gasteiger partial charge < -0.3 is 15.7 Å². The number of aliphatic hydroxyl groups is 1. The quantitative estimate of drug-likeness (QED) is 0.779. The molecule has 3 atom stereocenters. The molecule has 1 aromatic rings. The van der Waals surface area contributed by atoms with Gasteiger partial charge in [0.2, 0.25) is 11.8 Å². The van der Waals surface area contributed by atoms with Gasteiger partial charge in [-0.1, -0.05) is 19.1 Å². The van der Waals surface area contributed by atoms with Gasteiger partial charge in [-0.15, -0.1) is 5.10 Å². The minimum absolute atomic E-state index is 0.0254. The van der Waals surface area contributed by atoms with Crippen LogP contribution in [0.25, 0.3) is 0 Å². The summed E-state index contributed by atoms with van der Waals surface area (Å²) < 4.78 is 1.59. The zero-order valence-corrected chi connectivity index (χ0v) is 13.4. The number of hydrogen-bond acceptors (Lipinski definition) is 5. The predicted molar refractivity (Wildman–Crippen MR) is 81.2 cm³/mol. The van der Waals surface area contributed by atoms with E-state index < -0.39 is 24.1 Å². The Morgan fingerprint density at radius 2 is 2.09 bits per heavy atom. The molecule has 1 aromatic heterocycles. The average Bonchev–Trinajstić information content (AvgIpc) is 3.08. The molecule has 1 saturated heterocycles. The molecular weight excluding hydrogens is 298 g/mol. The van der Waals surface area contributed by atoms with Gasteiger partial charge in [0, 0.05) is 25.1 Å². The van der Waals surface area contributed by atoms with E-state index in [1.807, 2.05) is 20.0 Å². The smallest absolute Gasteiger partial charge is 0.248 e. The number of aliphatic hydroxyl groups excluding tert-OH is 1. The van der Waals surface area contributed by atoms with Crippen molar-refractivity contribution in [2.24, 2.45) is 11.7 Å². The van der Waals surface area contributed by atoms with E-state index in [1.165, 1.54) is 4.90 Å². The summed E-state index contributed by atoms with van der Waals surface area (Å²) in [5, 5.41) is 18.1. The maximum absolute atomic E-state index is 13.0. The standard InChI is InChI=1S/C15H23N5O3/c1-8(2)13(20-7-11(17-18-20)9-3-4-9)15(23)19-6-10(21)5-12(19)14(16)22/h7-10,12-13,21H,3-6H2,1-2H3,(H2,16,22)/t10?,12?,13-/m0/s1. The second-order valence-electron chi connectivity index (χ2n) is 6.88. The van der Waals surface area contributed by atoms with Gasteiger partial charge in [0.05, 0.1) is 11.8 Å². The number of nitrogens with two attached hydrogens (primary N) is 1. The van der Waals surface area contributed by atoms with Gasteiger partial charge in [0.1, 0.15) is 12.1 Å². The van der Waals surface area contributed by atoms with Crippen LogP contribution in [-0.4, -0.2) is 55.5 Å². The second kappa shape index (κ2) is 5.92. The number of aromatic nitrogens is 3. The van der Waals surface area contributed by atoms with Crippen molar-refractivity contribution >= 4 is 11.8 Å². The van der Waals surface area contributed by atoms with Gasteiger partial charge in [-0.3, -0.25) is 9.59 Å². The van der Waals surface area contributed by atoms with Crippen molar-refractivity contribution in [3.63, 3.8) is 0 Å². The minimum Gasteiger partial charge on any atom is -0.391 e. The van der Waals surface area contributed by atoms with Crippen LogP contribution < -0.4 is 5.73 Å². The van der Waals surface area contributed by atoms with Crippen LogP contribution in [0, 0.1) is 5.92 Å². The molecule has 8 heteroatoms. The Hall–Kier alpha value is -1.96. The van der Waals surface area contributed by atoms with Crippen molar-refractivity contribution in [2.45, 2.75) is 57.2 Å². The largest absolute Gasteiger partial charge is 0.391 e. The topological polar surface area (TPSA) is 114 Å². The molecule has 1 saturated carbocycles. The molecule has 0 radical (unpaired) electrons. The van der Waals surface area contributed by atoms with E-state index in [-0.39, 0.29) is 24.8 Å². The van der Waals surface area contributed by atoms with E-state index in [0.717, 1.165) is 18.5 Å². The third-order valence-corrected chi connectivity index (χ3v) is 4.58. The first-order valence-electron chi connectivity index (χ1n) is 8.08. The zero-order valence-electron chi connectivity index (χ0n) is 13.4. The number of rotatable bonds is 5. The van der Waals surface area contributed by atoms with Gasteiger partial charge in [0.15, 0.2) is 0 Å². The molecule has 8 nitrogen and oxygen atoms in total. The molecule has 0 aromatic carbocycles. The monoisotopic (exact) mass is 321 g/mol. The number of primary amides is 1. The van der Waals surface area contributed by atoms with Crippen molar-refractivity contribution in [3.05, 3.63) is 11.9 Å². The molecule has 0 bridgehead atoms. The first-order valence-corrected chi connectivity index (χ1v) is 8.08. The van der Waals surface area contributed by atoms with E-state index in [4.69, 9.17) is 5.73 Å². The summed E-state index contributed by atoms with van der Waals surface area (Å²) in [6.45, 7) is 3.97. The Labute approximate surface area is 134 Å². The molecule has 2 unspecified atom stereocenters. The van der Waals surface area contributed by atoms with Gasteiger partial charge in [-0.25, -0.2) is 4.68 Å². The molecule has 2 fully saturated rings. The molecule has 3 rings (SSSR count). The highest BCUT2D eigenvalue weighted by atomic mass is 16.3. The third kappa shape index (κ3) is 3.08. The van der Waals surface area contributed by atoms with E-state index in [0.29, 0.717) is 5.92 Å². The first kappa shape index (κ1) is 15.9. The number of carbonyl (C=O) groups excluding carboxylic acids is 2. The minimum atomic E-state index is -0.759. The lowest BCUT2D eigenvalue weighted by atomic mass is 10.0. The van der Waals surface area contributed by atoms with Crippen molar-refractivity contribution in [1.82, 2.24) is 19.9 Å². The van der Waals surface area contributed by atoms with Crippen LogP contribution in [0.2, 0.25) is 0 Å². The zero-order chi connectivity index (χ0) is 16.7. The van der Waals surface area contributed by atoms with Crippen LogP contribution in [0.4, 0.5) is 0 Å². The average molecular weight is 321 g/mol. The first-order chi connectivity index (χ1) is 10.9. The second-order valence-corrected chi connectivity index (χ2v) is 6.88. The molecular formula is C15H23N5O3. The van der Waals surface area contributed by atoms with Crippen LogP contribution in [0.5, 0.6) is 0 Å². The lowest BCUT2D eigenvalue weighted by molar-refractivity contribution is -0.141. The summed E-state index contributed by atoms with van der Waals surface area (Å²) in [6.07, 6.45) is 3.52. The molecule has 2 heterocycles. The van der Waals surface area contributed by atoms with Gasteiger partial charge in [0.25, 0.3) is 0 Å². The van der Waals surface area contributed by atoms with Crippen molar-refractivity contribution < 1.29 is 14.7 Å². The van der Waals surface area contributed by atoms with Crippen molar-refractivity contribution in [1.29, 1.82) is 0 Å². The summed E-state index contributed by atoms with van der Waals surface area (Å²) in [5.41, 5.74) is 6.29. The van der Waals surface area contributed by atoms with Crippen LogP contribution in [0.1, 0.15) is 50.8 Å².